The van der Waals surface area contributed by atoms with Crippen LogP contribution in [-0.2, 0) is 21.1 Å². The molecule has 10 rings (SSSR count). The number of aromatic nitrogens is 4. The molecule has 3 aromatic heterocycles. The molecule has 0 saturated heterocycles. The number of para-hydroxylation sites is 1. The third-order valence-corrected chi connectivity index (χ3v) is 11.5. The molecular formula is C55H42N4OPt-2. The molecule has 1 atom stereocenters. The Morgan fingerprint density at radius 3 is 1.93 bits per heavy atom. The first kappa shape index (κ1) is 39.6. The molecule has 3 heterocycles. The van der Waals surface area contributed by atoms with Crippen LogP contribution in [0.15, 0.2) is 188 Å². The van der Waals surface area contributed by atoms with Crippen molar-refractivity contribution in [3.63, 3.8) is 0 Å². The van der Waals surface area contributed by atoms with Crippen molar-refractivity contribution in [3.8, 4) is 62.1 Å². The Morgan fingerprint density at radius 2 is 1.25 bits per heavy atom. The summed E-state index contributed by atoms with van der Waals surface area (Å²) in [4.78, 5) is 4.92. The summed E-state index contributed by atoms with van der Waals surface area (Å²) >= 11 is 0. The Hall–Kier alpha value is -6.81. The molecule has 6 heteroatoms. The first-order valence-electron chi connectivity index (χ1n) is 20.5. The number of ether oxygens (including phenoxy) is 1. The van der Waals surface area contributed by atoms with E-state index in [1.165, 1.54) is 11.1 Å². The first-order chi connectivity index (χ1) is 29.5. The van der Waals surface area contributed by atoms with E-state index in [4.69, 9.17) is 9.72 Å². The zero-order valence-corrected chi connectivity index (χ0v) is 36.3. The SMILES string of the molecule is CC(C)C(C)c1ccnc(-n2c3[c-]c(Oc4[c-]c(-n5[c-][n+](-c6c(-c7ccccc7)cccc6-c6ccccc6)cc5)ccc4)ccc3c3cc(-c4ccccc4)ccc32)c1.[Pt]. The molecule has 61 heavy (non-hydrogen) atoms. The Kier molecular flexibility index (Phi) is 11.1. The van der Waals surface area contributed by atoms with Crippen LogP contribution in [0.3, 0.4) is 0 Å². The number of hydrogen-bond donors (Lipinski definition) is 0. The molecule has 5 nitrogen and oxygen atoms in total. The van der Waals surface area contributed by atoms with Gasteiger partial charge in [0.2, 0.25) is 0 Å². The van der Waals surface area contributed by atoms with Crippen LogP contribution in [-0.4, -0.2) is 14.1 Å². The van der Waals surface area contributed by atoms with E-state index < -0.39 is 0 Å². The normalized spacial score (nSPS) is 11.8. The number of nitrogens with zero attached hydrogens (tertiary/aromatic N) is 4. The molecule has 0 aliphatic heterocycles. The largest absolute Gasteiger partial charge is 0.510 e. The molecule has 300 valence electrons. The van der Waals surface area contributed by atoms with Gasteiger partial charge in [-0.1, -0.05) is 148 Å². The third-order valence-electron chi connectivity index (χ3n) is 11.5. The summed E-state index contributed by atoms with van der Waals surface area (Å²) in [5.41, 5.74) is 11.9. The van der Waals surface area contributed by atoms with E-state index in [1.54, 1.807) is 0 Å². The average Bonchev–Trinajstić information content (AvgIpc) is 3.92. The summed E-state index contributed by atoms with van der Waals surface area (Å²) < 4.78 is 12.8. The van der Waals surface area contributed by atoms with E-state index in [0.29, 0.717) is 23.3 Å². The molecule has 0 amide bonds. The van der Waals surface area contributed by atoms with E-state index >= 15 is 0 Å². The van der Waals surface area contributed by atoms with Gasteiger partial charge in [0, 0.05) is 56.7 Å². The summed E-state index contributed by atoms with van der Waals surface area (Å²) in [6.45, 7) is 6.80. The molecule has 0 saturated carbocycles. The van der Waals surface area contributed by atoms with Crippen LogP contribution >= 0.6 is 0 Å². The number of fused-ring (bicyclic) bond motifs is 3. The Labute approximate surface area is 371 Å². The van der Waals surface area contributed by atoms with E-state index in [-0.39, 0.29) is 21.1 Å². The summed E-state index contributed by atoms with van der Waals surface area (Å²) in [6, 6.07) is 66.2. The van der Waals surface area contributed by atoms with Gasteiger partial charge in [-0.3, -0.25) is 4.57 Å². The fourth-order valence-corrected chi connectivity index (χ4v) is 8.09. The number of benzene rings is 7. The monoisotopic (exact) mass is 969 g/mol. The van der Waals surface area contributed by atoms with Gasteiger partial charge < -0.3 is 13.9 Å². The predicted octanol–water partition coefficient (Wildman–Crippen LogP) is 13.2. The summed E-state index contributed by atoms with van der Waals surface area (Å²) in [6.07, 6.45) is 9.56. The number of pyridine rings is 1. The minimum Gasteiger partial charge on any atom is -0.510 e. The summed E-state index contributed by atoms with van der Waals surface area (Å²) in [5, 5.41) is 2.21. The molecule has 0 N–H and O–H groups in total. The second-order valence-electron chi connectivity index (χ2n) is 15.6. The van der Waals surface area contributed by atoms with Crippen molar-refractivity contribution in [1.29, 1.82) is 0 Å². The van der Waals surface area contributed by atoms with Crippen LogP contribution < -0.4 is 9.30 Å². The van der Waals surface area contributed by atoms with E-state index in [9.17, 15) is 0 Å². The molecule has 0 fully saturated rings. The Bertz CT molecular complexity index is 3060. The van der Waals surface area contributed by atoms with Gasteiger partial charge in [0.15, 0.2) is 0 Å². The van der Waals surface area contributed by atoms with E-state index in [0.717, 1.165) is 66.8 Å². The minimum absolute atomic E-state index is 0. The van der Waals surface area contributed by atoms with Crippen LogP contribution in [0.25, 0.3) is 72.4 Å². The summed E-state index contributed by atoms with van der Waals surface area (Å²) in [5.74, 6) is 2.90. The Morgan fingerprint density at radius 1 is 0.590 bits per heavy atom. The van der Waals surface area contributed by atoms with Crippen molar-refractivity contribution in [2.75, 3.05) is 0 Å². The van der Waals surface area contributed by atoms with Crippen molar-refractivity contribution in [2.24, 2.45) is 5.92 Å². The number of hydrogen-bond acceptors (Lipinski definition) is 2. The van der Waals surface area contributed by atoms with Gasteiger partial charge in [-0.15, -0.1) is 29.7 Å². The van der Waals surface area contributed by atoms with Crippen LogP contribution in [0.4, 0.5) is 0 Å². The smallest absolute Gasteiger partial charge is 0.267 e. The molecule has 0 bridgehead atoms. The van der Waals surface area contributed by atoms with E-state index in [2.05, 4.69) is 182 Å². The maximum atomic E-state index is 6.59. The van der Waals surface area contributed by atoms with Crippen LogP contribution in [0.2, 0.25) is 0 Å². The van der Waals surface area contributed by atoms with Crippen molar-refractivity contribution < 1.29 is 30.4 Å². The number of rotatable bonds is 10. The van der Waals surface area contributed by atoms with Gasteiger partial charge >= 0.3 is 0 Å². The molecule has 0 radical (unpaired) electrons. The summed E-state index contributed by atoms with van der Waals surface area (Å²) in [7, 11) is 0. The fourth-order valence-electron chi connectivity index (χ4n) is 8.09. The molecule has 1 unspecified atom stereocenters. The quantitative estimate of drug-likeness (QED) is 0.101. The zero-order chi connectivity index (χ0) is 40.6. The van der Waals surface area contributed by atoms with Gasteiger partial charge in [0.05, 0.1) is 5.69 Å². The zero-order valence-electron chi connectivity index (χ0n) is 34.1. The topological polar surface area (TPSA) is 35.9 Å². The van der Waals surface area contributed by atoms with Gasteiger partial charge in [0.1, 0.15) is 5.82 Å². The van der Waals surface area contributed by atoms with Gasteiger partial charge in [-0.05, 0) is 80.1 Å². The standard InChI is InChI=1S/C55H42N4O.Pt/c1-38(2)39(3)43-29-30-56-54(34-43)59-52-28-25-44(40-15-7-4-8-16-40)33-51(52)50-27-26-47(36-53(50)59)60-46-22-13-21-45(35-46)57-31-32-58(37-57)55-48(41-17-9-5-10-18-41)23-14-24-49(55)42-19-11-6-12-20-42;/h4-34,38-39H,1-3H3;/q-2;. The van der Waals surface area contributed by atoms with Crippen molar-refractivity contribution >= 4 is 21.8 Å². The van der Waals surface area contributed by atoms with Crippen molar-refractivity contribution in [2.45, 2.75) is 26.7 Å². The predicted molar refractivity (Wildman–Crippen MR) is 242 cm³/mol. The maximum Gasteiger partial charge on any atom is 0.267 e. The molecule has 10 aromatic rings. The molecule has 0 aliphatic rings. The van der Waals surface area contributed by atoms with Crippen LogP contribution in [0.1, 0.15) is 32.3 Å². The van der Waals surface area contributed by atoms with Gasteiger partial charge in [-0.25, -0.2) is 4.98 Å². The molecule has 0 spiro atoms. The molecule has 7 aromatic carbocycles. The van der Waals surface area contributed by atoms with Crippen LogP contribution in [0.5, 0.6) is 11.5 Å². The van der Waals surface area contributed by atoms with Gasteiger partial charge in [-0.2, -0.15) is 18.2 Å². The average molecular weight is 970 g/mol. The minimum atomic E-state index is 0. The fraction of sp³-hybridized carbons (Fsp3) is 0.0909. The second-order valence-corrected chi connectivity index (χ2v) is 15.6. The second kappa shape index (κ2) is 17.0. The van der Waals surface area contributed by atoms with Crippen molar-refractivity contribution in [3.05, 3.63) is 212 Å². The number of imidazole rings is 1. The Balaban J connectivity index is 0.00000476. The molecular weight excluding hydrogens is 928 g/mol. The third kappa shape index (κ3) is 7.74. The molecule has 0 aliphatic carbocycles. The maximum absolute atomic E-state index is 6.59. The first-order valence-corrected chi connectivity index (χ1v) is 20.5. The van der Waals surface area contributed by atoms with E-state index in [1.807, 2.05) is 59.6 Å². The van der Waals surface area contributed by atoms with Crippen LogP contribution in [0, 0.1) is 24.4 Å². The van der Waals surface area contributed by atoms with Gasteiger partial charge in [0.25, 0.3) is 6.33 Å². The van der Waals surface area contributed by atoms with Crippen molar-refractivity contribution in [1.82, 2.24) is 14.1 Å².